The summed E-state index contributed by atoms with van der Waals surface area (Å²) in [6.07, 6.45) is 0. The second-order valence-corrected chi connectivity index (χ2v) is 7.74. The fourth-order valence-electron chi connectivity index (χ4n) is 3.77. The van der Waals surface area contributed by atoms with Crippen LogP contribution in [-0.4, -0.2) is 43.7 Å². The monoisotopic (exact) mass is 465 g/mol. The molecular weight excluding hydrogens is 441 g/mol. The molecule has 9 heteroatoms. The van der Waals surface area contributed by atoms with Crippen LogP contribution in [0.1, 0.15) is 22.0 Å². The molecule has 0 bridgehead atoms. The number of morpholine rings is 1. The number of rotatable bonds is 8. The summed E-state index contributed by atoms with van der Waals surface area (Å²) >= 11 is 0. The number of amides is 1. The van der Waals surface area contributed by atoms with E-state index in [-0.39, 0.29) is 23.6 Å². The Labute approximate surface area is 196 Å². The van der Waals surface area contributed by atoms with Crippen LogP contribution in [0.4, 0.5) is 15.8 Å². The largest absolute Gasteiger partial charge is 0.488 e. The van der Waals surface area contributed by atoms with E-state index in [4.69, 9.17) is 9.47 Å². The van der Waals surface area contributed by atoms with E-state index in [1.807, 2.05) is 35.2 Å². The summed E-state index contributed by atoms with van der Waals surface area (Å²) < 4.78 is 24.9. The molecule has 0 aromatic heterocycles. The molecule has 1 atom stereocenters. The predicted molar refractivity (Wildman–Crippen MR) is 125 cm³/mol. The topological polar surface area (TPSA) is 93.9 Å². The molecule has 1 amide bonds. The quantitative estimate of drug-likeness (QED) is 0.397. The maximum Gasteiger partial charge on any atom is 0.293 e. The number of anilines is 1. The summed E-state index contributed by atoms with van der Waals surface area (Å²) in [6.45, 7) is 2.02. The van der Waals surface area contributed by atoms with Crippen molar-refractivity contribution in [3.05, 3.63) is 99.9 Å². The van der Waals surface area contributed by atoms with Gasteiger partial charge in [-0.1, -0.05) is 42.5 Å². The van der Waals surface area contributed by atoms with Crippen molar-refractivity contribution in [2.24, 2.45) is 0 Å². The highest BCUT2D eigenvalue weighted by molar-refractivity contribution is 5.96. The SMILES string of the molecule is O=C(NC(COc1ccccc1F)c1ccccc1)c1ccc(N2CCOCC2)c([N+](=O)[O-])c1. The molecule has 0 aliphatic carbocycles. The first-order valence-corrected chi connectivity index (χ1v) is 10.9. The lowest BCUT2D eigenvalue weighted by molar-refractivity contribution is -0.384. The molecule has 1 fully saturated rings. The second-order valence-electron chi connectivity index (χ2n) is 7.74. The Morgan fingerprint density at radius 3 is 2.50 bits per heavy atom. The number of benzene rings is 3. The van der Waals surface area contributed by atoms with Crippen LogP contribution in [0.5, 0.6) is 5.75 Å². The van der Waals surface area contributed by atoms with Gasteiger partial charge in [0.15, 0.2) is 11.6 Å². The summed E-state index contributed by atoms with van der Waals surface area (Å²) in [7, 11) is 0. The number of halogens is 1. The molecule has 1 saturated heterocycles. The minimum Gasteiger partial charge on any atom is -0.488 e. The molecule has 1 unspecified atom stereocenters. The highest BCUT2D eigenvalue weighted by Gasteiger charge is 2.24. The molecule has 8 nitrogen and oxygen atoms in total. The van der Waals surface area contributed by atoms with Crippen LogP contribution in [0.2, 0.25) is 0 Å². The summed E-state index contributed by atoms with van der Waals surface area (Å²) in [4.78, 5) is 26.2. The Morgan fingerprint density at radius 2 is 1.79 bits per heavy atom. The summed E-state index contributed by atoms with van der Waals surface area (Å²) in [5.41, 5.74) is 1.21. The number of carbonyl (C=O) groups excluding carboxylic acids is 1. The summed E-state index contributed by atoms with van der Waals surface area (Å²) in [5, 5.41) is 14.6. The third kappa shape index (κ3) is 5.49. The van der Waals surface area contributed by atoms with E-state index < -0.39 is 22.7 Å². The van der Waals surface area contributed by atoms with Gasteiger partial charge in [0.05, 0.1) is 24.2 Å². The average molecular weight is 465 g/mol. The molecule has 0 saturated carbocycles. The number of nitrogens with zero attached hydrogens (tertiary/aromatic N) is 2. The van der Waals surface area contributed by atoms with E-state index in [0.29, 0.717) is 32.0 Å². The Hall–Kier alpha value is -3.98. The number of nitro benzene ring substituents is 1. The van der Waals surface area contributed by atoms with E-state index in [1.165, 1.54) is 18.2 Å². The Morgan fingerprint density at radius 1 is 1.09 bits per heavy atom. The fraction of sp³-hybridized carbons (Fsp3) is 0.240. The van der Waals surface area contributed by atoms with Crippen LogP contribution < -0.4 is 15.0 Å². The van der Waals surface area contributed by atoms with E-state index in [9.17, 15) is 19.3 Å². The first-order valence-electron chi connectivity index (χ1n) is 10.9. The van der Waals surface area contributed by atoms with Crippen LogP contribution in [0.25, 0.3) is 0 Å². The van der Waals surface area contributed by atoms with E-state index >= 15 is 0 Å². The number of nitrogens with one attached hydrogen (secondary N) is 1. The molecular formula is C25H24FN3O5. The molecule has 4 rings (SSSR count). The number of nitro groups is 1. The standard InChI is InChI=1S/C25H24FN3O5/c26-20-8-4-5-9-24(20)34-17-21(18-6-2-1-3-7-18)27-25(30)19-10-11-22(23(16-19)29(31)32)28-12-14-33-15-13-28/h1-11,16,21H,12-15,17H2,(H,27,30). The molecule has 1 N–H and O–H groups in total. The van der Waals surface area contributed by atoms with Crippen LogP contribution in [0.3, 0.4) is 0 Å². The van der Waals surface area contributed by atoms with Crippen molar-refractivity contribution < 1.29 is 23.6 Å². The highest BCUT2D eigenvalue weighted by atomic mass is 19.1. The smallest absolute Gasteiger partial charge is 0.293 e. The molecule has 3 aromatic carbocycles. The average Bonchev–Trinajstić information content (AvgIpc) is 2.88. The van der Waals surface area contributed by atoms with Crippen LogP contribution in [-0.2, 0) is 4.74 Å². The van der Waals surface area contributed by atoms with Crippen molar-refractivity contribution >= 4 is 17.3 Å². The van der Waals surface area contributed by atoms with Crippen LogP contribution in [0.15, 0.2) is 72.8 Å². The second kappa shape index (κ2) is 10.8. The van der Waals surface area contributed by atoms with E-state index in [0.717, 1.165) is 5.56 Å². The molecule has 176 valence electrons. The molecule has 1 aliphatic rings. The molecule has 1 heterocycles. The zero-order chi connectivity index (χ0) is 23.9. The minimum absolute atomic E-state index is 0.0232. The number of carbonyl (C=O) groups is 1. The lowest BCUT2D eigenvalue weighted by atomic mass is 10.1. The van der Waals surface area contributed by atoms with Gasteiger partial charge in [-0.3, -0.25) is 14.9 Å². The van der Waals surface area contributed by atoms with Crippen LogP contribution >= 0.6 is 0 Å². The van der Waals surface area contributed by atoms with Gasteiger partial charge in [0, 0.05) is 24.7 Å². The first kappa shape index (κ1) is 23.2. The summed E-state index contributed by atoms with van der Waals surface area (Å²) in [6, 6.07) is 19.0. The van der Waals surface area contributed by atoms with Crippen molar-refractivity contribution in [3.63, 3.8) is 0 Å². The molecule has 0 radical (unpaired) electrons. The summed E-state index contributed by atoms with van der Waals surface area (Å²) in [5.74, 6) is -0.930. The van der Waals surface area contributed by atoms with Crippen molar-refractivity contribution in [1.82, 2.24) is 5.32 Å². The minimum atomic E-state index is -0.605. The number of hydrogen-bond acceptors (Lipinski definition) is 6. The lowest BCUT2D eigenvalue weighted by Crippen LogP contribution is -2.36. The van der Waals surface area contributed by atoms with E-state index in [1.54, 1.807) is 24.3 Å². The van der Waals surface area contributed by atoms with Gasteiger partial charge in [0.25, 0.3) is 11.6 Å². The maximum absolute atomic E-state index is 14.0. The van der Waals surface area contributed by atoms with Gasteiger partial charge >= 0.3 is 0 Å². The van der Waals surface area contributed by atoms with Gasteiger partial charge in [-0.25, -0.2) is 4.39 Å². The highest BCUT2D eigenvalue weighted by Crippen LogP contribution is 2.30. The maximum atomic E-state index is 14.0. The first-order chi connectivity index (χ1) is 16.5. The lowest BCUT2D eigenvalue weighted by Gasteiger charge is -2.28. The van der Waals surface area contributed by atoms with E-state index in [2.05, 4.69) is 5.32 Å². The predicted octanol–water partition coefficient (Wildman–Crippen LogP) is 4.12. The number of ether oxygens (including phenoxy) is 2. The third-order valence-corrected chi connectivity index (χ3v) is 5.54. The normalized spacial score (nSPS) is 14.3. The zero-order valence-electron chi connectivity index (χ0n) is 18.4. The van der Waals surface area contributed by atoms with Crippen molar-refractivity contribution in [3.8, 4) is 5.75 Å². The Balaban J connectivity index is 1.55. The van der Waals surface area contributed by atoms with Gasteiger partial charge in [-0.05, 0) is 29.8 Å². The van der Waals surface area contributed by atoms with Gasteiger partial charge in [0.2, 0.25) is 0 Å². The number of hydrogen-bond donors (Lipinski definition) is 1. The van der Waals surface area contributed by atoms with Crippen molar-refractivity contribution in [2.45, 2.75) is 6.04 Å². The number of para-hydroxylation sites is 1. The zero-order valence-corrected chi connectivity index (χ0v) is 18.4. The van der Waals surface area contributed by atoms with Crippen molar-refractivity contribution in [2.75, 3.05) is 37.8 Å². The third-order valence-electron chi connectivity index (χ3n) is 5.54. The van der Waals surface area contributed by atoms with Gasteiger partial charge in [-0.2, -0.15) is 0 Å². The molecule has 34 heavy (non-hydrogen) atoms. The molecule has 3 aromatic rings. The van der Waals surface area contributed by atoms with Gasteiger partial charge < -0.3 is 19.7 Å². The van der Waals surface area contributed by atoms with Crippen molar-refractivity contribution in [1.29, 1.82) is 0 Å². The molecule has 0 spiro atoms. The molecule has 1 aliphatic heterocycles. The Bertz CT molecular complexity index is 1150. The fourth-order valence-corrected chi connectivity index (χ4v) is 3.77. The van der Waals surface area contributed by atoms with Crippen LogP contribution in [0, 0.1) is 15.9 Å². The van der Waals surface area contributed by atoms with Gasteiger partial charge in [-0.15, -0.1) is 0 Å². The Kier molecular flexibility index (Phi) is 7.34. The van der Waals surface area contributed by atoms with Gasteiger partial charge in [0.1, 0.15) is 12.3 Å².